The van der Waals surface area contributed by atoms with E-state index in [0.29, 0.717) is 37.7 Å². The monoisotopic (exact) mass is 475 g/mol. The average Bonchev–Trinajstić information content (AvgIpc) is 3.41. The number of hydrogen-bond acceptors (Lipinski definition) is 4. The van der Waals surface area contributed by atoms with Crippen LogP contribution >= 0.6 is 11.6 Å². The van der Waals surface area contributed by atoms with Crippen molar-refractivity contribution < 1.29 is 14.3 Å². The van der Waals surface area contributed by atoms with Crippen molar-refractivity contribution in [2.75, 3.05) is 24.7 Å². The van der Waals surface area contributed by atoms with Crippen molar-refractivity contribution in [3.05, 3.63) is 83.6 Å². The molecular formula is C27H26ClN3O3. The lowest BCUT2D eigenvalue weighted by Crippen LogP contribution is -2.24. The van der Waals surface area contributed by atoms with Crippen LogP contribution in [0.5, 0.6) is 11.5 Å². The van der Waals surface area contributed by atoms with Crippen LogP contribution in [0.25, 0.3) is 11.0 Å². The summed E-state index contributed by atoms with van der Waals surface area (Å²) in [5, 5.41) is 0.652. The predicted octanol–water partition coefficient (Wildman–Crippen LogP) is 5.69. The molecule has 4 aromatic rings. The molecule has 174 valence electrons. The fourth-order valence-corrected chi connectivity index (χ4v) is 4.61. The maximum atomic E-state index is 12.9. The van der Waals surface area contributed by atoms with Crippen LogP contribution in [0.15, 0.2) is 72.8 Å². The van der Waals surface area contributed by atoms with Gasteiger partial charge in [0.05, 0.1) is 24.2 Å². The fraction of sp³-hybridized carbons (Fsp3) is 0.259. The first-order valence-electron chi connectivity index (χ1n) is 11.5. The van der Waals surface area contributed by atoms with Crippen molar-refractivity contribution in [3.63, 3.8) is 0 Å². The largest absolute Gasteiger partial charge is 0.490 e. The van der Waals surface area contributed by atoms with Gasteiger partial charge in [-0.25, -0.2) is 4.98 Å². The van der Waals surface area contributed by atoms with Gasteiger partial charge in [0.25, 0.3) is 0 Å². The standard InChI is InChI=1S/C27H26ClN3O3/c1-2-33-24-9-5-6-10-25(24)34-16-15-30-23-8-4-3-7-22(23)29-27(30)19-17-26(32)31(18-19)21-13-11-20(28)12-14-21/h3-14,19H,2,15-18H2,1H3. The number of aromatic nitrogens is 2. The van der Waals surface area contributed by atoms with E-state index in [-0.39, 0.29) is 11.8 Å². The summed E-state index contributed by atoms with van der Waals surface area (Å²) in [6.07, 6.45) is 0.417. The van der Waals surface area contributed by atoms with Gasteiger partial charge in [0.15, 0.2) is 11.5 Å². The zero-order valence-corrected chi connectivity index (χ0v) is 19.7. The number of para-hydroxylation sites is 4. The van der Waals surface area contributed by atoms with Crippen molar-refractivity contribution in [3.8, 4) is 11.5 Å². The molecule has 5 rings (SSSR count). The molecule has 1 aromatic heterocycles. The first kappa shape index (κ1) is 22.3. The van der Waals surface area contributed by atoms with Gasteiger partial charge in [-0.05, 0) is 55.5 Å². The van der Waals surface area contributed by atoms with Gasteiger partial charge in [0.2, 0.25) is 5.91 Å². The lowest BCUT2D eigenvalue weighted by atomic mass is 10.1. The number of halogens is 1. The maximum Gasteiger partial charge on any atom is 0.227 e. The van der Waals surface area contributed by atoms with E-state index in [1.807, 2.05) is 78.6 Å². The summed E-state index contributed by atoms with van der Waals surface area (Å²) in [5.41, 5.74) is 2.82. The van der Waals surface area contributed by atoms with Gasteiger partial charge < -0.3 is 18.9 Å². The van der Waals surface area contributed by atoms with Gasteiger partial charge >= 0.3 is 0 Å². The van der Waals surface area contributed by atoms with E-state index in [9.17, 15) is 4.79 Å². The summed E-state index contributed by atoms with van der Waals surface area (Å²) < 4.78 is 13.9. The molecule has 2 heterocycles. The Balaban J connectivity index is 1.38. The van der Waals surface area contributed by atoms with Gasteiger partial charge in [-0.2, -0.15) is 0 Å². The summed E-state index contributed by atoms with van der Waals surface area (Å²) in [5.74, 6) is 2.45. The Morgan fingerprint density at radius 2 is 1.68 bits per heavy atom. The number of hydrogen-bond donors (Lipinski definition) is 0. The molecule has 0 spiro atoms. The Morgan fingerprint density at radius 1 is 0.971 bits per heavy atom. The van der Waals surface area contributed by atoms with Crippen molar-refractivity contribution >= 4 is 34.2 Å². The van der Waals surface area contributed by atoms with Crippen molar-refractivity contribution in [2.24, 2.45) is 0 Å². The van der Waals surface area contributed by atoms with E-state index in [0.717, 1.165) is 34.0 Å². The van der Waals surface area contributed by atoms with E-state index in [1.165, 1.54) is 0 Å². The average molecular weight is 476 g/mol. The first-order valence-corrected chi connectivity index (χ1v) is 11.9. The third-order valence-corrected chi connectivity index (χ3v) is 6.29. The number of imidazole rings is 1. The van der Waals surface area contributed by atoms with Crippen LogP contribution in [0.3, 0.4) is 0 Å². The smallest absolute Gasteiger partial charge is 0.227 e. The molecule has 1 fully saturated rings. The molecule has 1 unspecified atom stereocenters. The van der Waals surface area contributed by atoms with Crippen molar-refractivity contribution in [1.29, 1.82) is 0 Å². The maximum absolute atomic E-state index is 12.9. The van der Waals surface area contributed by atoms with Crippen molar-refractivity contribution in [2.45, 2.75) is 25.8 Å². The summed E-state index contributed by atoms with van der Waals surface area (Å²) >= 11 is 6.03. The quantitative estimate of drug-likeness (QED) is 0.328. The van der Waals surface area contributed by atoms with Crippen LogP contribution in [0.2, 0.25) is 5.02 Å². The number of anilines is 1. The third-order valence-electron chi connectivity index (χ3n) is 6.03. The molecule has 0 saturated carbocycles. The zero-order valence-electron chi connectivity index (χ0n) is 19.0. The molecule has 1 amide bonds. The molecule has 34 heavy (non-hydrogen) atoms. The Bertz CT molecular complexity index is 1300. The summed E-state index contributed by atoms with van der Waals surface area (Å²) in [6, 6.07) is 23.1. The van der Waals surface area contributed by atoms with Crippen LogP contribution in [0, 0.1) is 0 Å². The van der Waals surface area contributed by atoms with Crippen LogP contribution in [0.1, 0.15) is 25.1 Å². The Hall–Kier alpha value is -3.51. The molecule has 0 bridgehead atoms. The molecule has 1 aliphatic heterocycles. The first-order chi connectivity index (χ1) is 16.6. The Morgan fingerprint density at radius 3 is 2.44 bits per heavy atom. The lowest BCUT2D eigenvalue weighted by Gasteiger charge is -2.18. The molecule has 0 aliphatic carbocycles. The molecule has 0 N–H and O–H groups in total. The number of carbonyl (C=O) groups is 1. The molecule has 1 aliphatic rings. The van der Waals surface area contributed by atoms with Gasteiger partial charge in [-0.15, -0.1) is 0 Å². The second kappa shape index (κ2) is 9.77. The van der Waals surface area contributed by atoms with Gasteiger partial charge in [0.1, 0.15) is 12.4 Å². The molecule has 7 heteroatoms. The second-order valence-electron chi connectivity index (χ2n) is 8.22. The van der Waals surface area contributed by atoms with Gasteiger partial charge in [-0.1, -0.05) is 35.9 Å². The van der Waals surface area contributed by atoms with Crippen LogP contribution < -0.4 is 14.4 Å². The molecule has 1 atom stereocenters. The Kier molecular flexibility index (Phi) is 6.41. The fourth-order valence-electron chi connectivity index (χ4n) is 4.48. The Labute approximate surface area is 203 Å². The second-order valence-corrected chi connectivity index (χ2v) is 8.66. The topological polar surface area (TPSA) is 56.6 Å². The zero-order chi connectivity index (χ0) is 23.5. The normalized spacial score (nSPS) is 15.8. The van der Waals surface area contributed by atoms with Gasteiger partial charge in [0, 0.05) is 29.6 Å². The van der Waals surface area contributed by atoms with Crippen LogP contribution in [-0.4, -0.2) is 35.2 Å². The number of carbonyl (C=O) groups excluding carboxylic acids is 1. The summed E-state index contributed by atoms with van der Waals surface area (Å²) in [4.78, 5) is 19.6. The van der Waals surface area contributed by atoms with E-state index >= 15 is 0 Å². The van der Waals surface area contributed by atoms with Crippen LogP contribution in [-0.2, 0) is 11.3 Å². The molecule has 3 aromatic carbocycles. The molecular weight excluding hydrogens is 450 g/mol. The number of nitrogens with zero attached hydrogens (tertiary/aromatic N) is 3. The highest BCUT2D eigenvalue weighted by Crippen LogP contribution is 2.34. The number of rotatable bonds is 8. The van der Waals surface area contributed by atoms with E-state index < -0.39 is 0 Å². The highest BCUT2D eigenvalue weighted by Gasteiger charge is 2.34. The highest BCUT2D eigenvalue weighted by atomic mass is 35.5. The SMILES string of the molecule is CCOc1ccccc1OCCn1c(C2CC(=O)N(c3ccc(Cl)cc3)C2)nc2ccccc21. The minimum Gasteiger partial charge on any atom is -0.490 e. The number of ether oxygens (including phenoxy) is 2. The van der Waals surface area contributed by atoms with Crippen LogP contribution in [0.4, 0.5) is 5.69 Å². The molecule has 0 radical (unpaired) electrons. The third kappa shape index (κ3) is 4.46. The number of fused-ring (bicyclic) bond motifs is 1. The predicted molar refractivity (Wildman–Crippen MR) is 134 cm³/mol. The van der Waals surface area contributed by atoms with E-state index in [1.54, 1.807) is 0 Å². The minimum absolute atomic E-state index is 0.00807. The molecule has 6 nitrogen and oxygen atoms in total. The minimum atomic E-state index is -0.00807. The van der Waals surface area contributed by atoms with E-state index in [2.05, 4.69) is 10.6 Å². The number of amides is 1. The summed E-state index contributed by atoms with van der Waals surface area (Å²) in [7, 11) is 0. The van der Waals surface area contributed by atoms with Crippen molar-refractivity contribution in [1.82, 2.24) is 9.55 Å². The van der Waals surface area contributed by atoms with E-state index in [4.69, 9.17) is 26.1 Å². The number of benzene rings is 3. The molecule has 1 saturated heterocycles. The highest BCUT2D eigenvalue weighted by molar-refractivity contribution is 6.30. The lowest BCUT2D eigenvalue weighted by molar-refractivity contribution is -0.117. The summed E-state index contributed by atoms with van der Waals surface area (Å²) in [6.45, 7) is 4.19. The van der Waals surface area contributed by atoms with Gasteiger partial charge in [-0.3, -0.25) is 4.79 Å².